The fraction of sp³-hybridized carbons (Fsp3) is 0.194. The molecule has 0 spiro atoms. The molecule has 0 fully saturated rings. The minimum Gasteiger partial charge on any atom is -0.481 e. The number of hydrogen-bond acceptors (Lipinski definition) is 4. The molecule has 12 heteroatoms. The van der Waals surface area contributed by atoms with Crippen molar-refractivity contribution >= 4 is 29.0 Å². The van der Waals surface area contributed by atoms with Gasteiger partial charge in [0.15, 0.2) is 5.78 Å². The van der Waals surface area contributed by atoms with Crippen LogP contribution in [0.4, 0.5) is 32.0 Å². The number of ketones is 1. The van der Waals surface area contributed by atoms with E-state index in [1.165, 1.54) is 48.7 Å². The zero-order valence-electron chi connectivity index (χ0n) is 22.2. The molecule has 5 nitrogen and oxygen atoms in total. The molecule has 3 aromatic carbocycles. The molecule has 0 amide bonds. The molecule has 4 rings (SSSR count). The summed E-state index contributed by atoms with van der Waals surface area (Å²) in [7, 11) is 0. The van der Waals surface area contributed by atoms with Crippen LogP contribution in [0.1, 0.15) is 46.4 Å². The van der Waals surface area contributed by atoms with E-state index < -0.39 is 29.4 Å². The van der Waals surface area contributed by atoms with E-state index in [0.29, 0.717) is 22.4 Å². The second-order valence-electron chi connectivity index (χ2n) is 9.59. The third-order valence-corrected chi connectivity index (χ3v) is 6.79. The van der Waals surface area contributed by atoms with Gasteiger partial charge in [0.25, 0.3) is 0 Å². The minimum absolute atomic E-state index is 0.0360. The topological polar surface area (TPSA) is 79.3 Å². The number of halogens is 7. The van der Waals surface area contributed by atoms with Crippen LogP contribution in [0.5, 0.6) is 0 Å². The number of nitrogens with zero attached hydrogens (tertiary/aromatic N) is 1. The molecule has 0 aliphatic rings. The van der Waals surface area contributed by atoms with Gasteiger partial charge in [-0.1, -0.05) is 41.9 Å². The number of nitrogens with one attached hydrogen (secondary N) is 1. The molecule has 4 aromatic rings. The summed E-state index contributed by atoms with van der Waals surface area (Å²) in [5.41, 5.74) is 0.0714. The molecule has 0 saturated carbocycles. The summed E-state index contributed by atoms with van der Waals surface area (Å²) in [6.07, 6.45) is -8.03. The maximum Gasteiger partial charge on any atom is 0.417 e. The summed E-state index contributed by atoms with van der Waals surface area (Å²) in [6.45, 7) is 0.0669. The maximum absolute atomic E-state index is 13.5. The number of aliphatic carboxylic acids is 1. The standard InChI is InChI=1S/C31H23ClF6N2O3/c32-22-9-12-24(26(15-22)31(36,37)38)18-5-10-23(11-6-18)39-16-19-4-8-21(30(33,34)35)14-25(19)20-7-13-27(40-17-20)28(41)2-1-3-29(42)43/h4-15,17,39H,1-3,16H2,(H,42,43). The molecular weight excluding hydrogens is 598 g/mol. The SMILES string of the molecule is O=C(O)CCCC(=O)c1ccc(-c2cc(C(F)(F)F)ccc2CNc2ccc(-c3ccc(Cl)cc3C(F)(F)F)cc2)cn1. The molecular formula is C31H23ClF6N2O3. The summed E-state index contributed by atoms with van der Waals surface area (Å²) in [4.78, 5) is 27.1. The molecule has 0 atom stereocenters. The summed E-state index contributed by atoms with van der Waals surface area (Å²) < 4.78 is 81.2. The van der Waals surface area contributed by atoms with Crippen molar-refractivity contribution in [2.75, 3.05) is 5.32 Å². The van der Waals surface area contributed by atoms with Crippen molar-refractivity contribution in [3.8, 4) is 22.3 Å². The van der Waals surface area contributed by atoms with Gasteiger partial charge in [-0.25, -0.2) is 0 Å². The Kier molecular flexibility index (Phi) is 9.44. The lowest BCUT2D eigenvalue weighted by Gasteiger charge is -2.16. The number of hydrogen-bond donors (Lipinski definition) is 2. The molecule has 1 aromatic heterocycles. The van der Waals surface area contributed by atoms with Crippen LogP contribution in [0.25, 0.3) is 22.3 Å². The first kappa shape index (κ1) is 31.6. The quantitative estimate of drug-likeness (QED) is 0.137. The van der Waals surface area contributed by atoms with Gasteiger partial charge in [0, 0.05) is 41.9 Å². The number of pyridine rings is 1. The number of carboxylic acid groups (broad SMARTS) is 1. The average Bonchev–Trinajstić information content (AvgIpc) is 2.95. The average molecular weight is 621 g/mol. The number of carbonyl (C=O) groups is 2. The highest BCUT2D eigenvalue weighted by molar-refractivity contribution is 6.30. The number of alkyl halides is 6. The predicted octanol–water partition coefficient (Wildman–Crippen LogP) is 9.16. The van der Waals surface area contributed by atoms with Crippen LogP contribution in [-0.2, 0) is 23.7 Å². The van der Waals surface area contributed by atoms with E-state index >= 15 is 0 Å². The third-order valence-electron chi connectivity index (χ3n) is 6.56. The van der Waals surface area contributed by atoms with Crippen molar-refractivity contribution in [1.29, 1.82) is 0 Å². The number of rotatable bonds is 10. The van der Waals surface area contributed by atoms with Crippen LogP contribution < -0.4 is 5.32 Å². The molecule has 0 unspecified atom stereocenters. The van der Waals surface area contributed by atoms with E-state index in [9.17, 15) is 35.9 Å². The number of anilines is 1. The van der Waals surface area contributed by atoms with Gasteiger partial charge < -0.3 is 10.4 Å². The Bertz CT molecular complexity index is 1620. The normalized spacial score (nSPS) is 11.8. The maximum atomic E-state index is 13.5. The van der Waals surface area contributed by atoms with Crippen LogP contribution >= 0.6 is 11.6 Å². The Morgan fingerprint density at radius 3 is 2.09 bits per heavy atom. The highest BCUT2D eigenvalue weighted by Gasteiger charge is 2.34. The first-order valence-electron chi connectivity index (χ1n) is 12.8. The Morgan fingerprint density at radius 1 is 0.791 bits per heavy atom. The van der Waals surface area contributed by atoms with Gasteiger partial charge in [-0.3, -0.25) is 14.6 Å². The molecule has 0 aliphatic carbocycles. The van der Waals surface area contributed by atoms with E-state index in [1.807, 2.05) is 0 Å². The number of Topliss-reactive ketones (excluding diaryl/α,β-unsaturated/α-hetero) is 1. The van der Waals surface area contributed by atoms with Gasteiger partial charge in [-0.15, -0.1) is 0 Å². The van der Waals surface area contributed by atoms with Gasteiger partial charge in [0.1, 0.15) is 5.69 Å². The van der Waals surface area contributed by atoms with Crippen LogP contribution in [0, 0.1) is 0 Å². The van der Waals surface area contributed by atoms with Gasteiger partial charge in [0.2, 0.25) is 0 Å². The van der Waals surface area contributed by atoms with E-state index in [0.717, 1.165) is 18.2 Å². The minimum atomic E-state index is -4.61. The number of benzene rings is 3. The largest absolute Gasteiger partial charge is 0.481 e. The van der Waals surface area contributed by atoms with Crippen molar-refractivity contribution in [2.45, 2.75) is 38.2 Å². The fourth-order valence-electron chi connectivity index (χ4n) is 4.39. The molecule has 0 bridgehead atoms. The van der Waals surface area contributed by atoms with Crippen molar-refractivity contribution in [3.63, 3.8) is 0 Å². The summed E-state index contributed by atoms with van der Waals surface area (Å²) >= 11 is 5.77. The zero-order valence-corrected chi connectivity index (χ0v) is 22.9. The van der Waals surface area contributed by atoms with Crippen LogP contribution in [-0.4, -0.2) is 21.8 Å². The third kappa shape index (κ3) is 8.13. The lowest BCUT2D eigenvalue weighted by atomic mass is 9.97. The lowest BCUT2D eigenvalue weighted by Crippen LogP contribution is -2.08. The Hall–Kier alpha value is -4.38. The van der Waals surface area contributed by atoms with Crippen LogP contribution in [0.15, 0.2) is 79.0 Å². The van der Waals surface area contributed by atoms with Gasteiger partial charge in [0.05, 0.1) is 11.1 Å². The Balaban J connectivity index is 1.56. The molecule has 224 valence electrons. The second-order valence-corrected chi connectivity index (χ2v) is 10.0. The van der Waals surface area contributed by atoms with Crippen molar-refractivity contribution in [3.05, 3.63) is 106 Å². The number of aromatic nitrogens is 1. The van der Waals surface area contributed by atoms with Crippen molar-refractivity contribution in [2.24, 2.45) is 0 Å². The first-order valence-corrected chi connectivity index (χ1v) is 13.2. The Morgan fingerprint density at radius 2 is 1.49 bits per heavy atom. The monoisotopic (exact) mass is 620 g/mol. The van der Waals surface area contributed by atoms with E-state index in [1.54, 1.807) is 12.1 Å². The van der Waals surface area contributed by atoms with E-state index in [2.05, 4.69) is 10.3 Å². The van der Waals surface area contributed by atoms with E-state index in [-0.39, 0.29) is 53.4 Å². The smallest absolute Gasteiger partial charge is 0.417 e. The Labute approximate surface area is 247 Å². The highest BCUT2D eigenvalue weighted by atomic mass is 35.5. The summed E-state index contributed by atoms with van der Waals surface area (Å²) in [6, 6.07) is 15.7. The van der Waals surface area contributed by atoms with Gasteiger partial charge in [-0.2, -0.15) is 26.3 Å². The molecule has 0 saturated heterocycles. The van der Waals surface area contributed by atoms with E-state index in [4.69, 9.17) is 16.7 Å². The lowest BCUT2D eigenvalue weighted by molar-refractivity contribution is -0.138. The second kappa shape index (κ2) is 12.9. The fourth-order valence-corrected chi connectivity index (χ4v) is 4.56. The number of carbonyl (C=O) groups excluding carboxylic acids is 1. The van der Waals surface area contributed by atoms with Gasteiger partial charge >= 0.3 is 18.3 Å². The molecule has 2 N–H and O–H groups in total. The van der Waals surface area contributed by atoms with Crippen molar-refractivity contribution in [1.82, 2.24) is 4.98 Å². The van der Waals surface area contributed by atoms with Crippen LogP contribution in [0.2, 0.25) is 5.02 Å². The molecule has 0 radical (unpaired) electrons. The summed E-state index contributed by atoms with van der Waals surface area (Å²) in [5, 5.41) is 11.8. The molecule has 43 heavy (non-hydrogen) atoms. The molecule has 0 aliphatic heterocycles. The molecule has 1 heterocycles. The zero-order chi connectivity index (χ0) is 31.4. The number of carboxylic acids is 1. The van der Waals surface area contributed by atoms with Crippen molar-refractivity contribution < 1.29 is 41.0 Å². The van der Waals surface area contributed by atoms with Crippen LogP contribution in [0.3, 0.4) is 0 Å². The predicted molar refractivity (Wildman–Crippen MR) is 150 cm³/mol. The highest BCUT2D eigenvalue weighted by Crippen LogP contribution is 2.39. The van der Waals surface area contributed by atoms with Gasteiger partial charge in [-0.05, 0) is 71.1 Å². The first-order chi connectivity index (χ1) is 20.2. The summed E-state index contributed by atoms with van der Waals surface area (Å²) in [5.74, 6) is -1.42.